The van der Waals surface area contributed by atoms with E-state index in [-0.39, 0.29) is 11.6 Å². The summed E-state index contributed by atoms with van der Waals surface area (Å²) >= 11 is 0. The highest BCUT2D eigenvalue weighted by molar-refractivity contribution is 5.92. The summed E-state index contributed by atoms with van der Waals surface area (Å²) in [7, 11) is 1.26. The van der Waals surface area contributed by atoms with Gasteiger partial charge in [0.1, 0.15) is 6.04 Å². The molecule has 2 N–H and O–H groups in total. The van der Waals surface area contributed by atoms with E-state index in [2.05, 4.69) is 15.4 Å². The maximum absolute atomic E-state index is 11.9. The lowest BCUT2D eigenvalue weighted by Crippen LogP contribution is -2.44. The van der Waals surface area contributed by atoms with E-state index in [1.807, 2.05) is 13.8 Å². The van der Waals surface area contributed by atoms with Crippen molar-refractivity contribution in [3.8, 4) is 0 Å². The average molecular weight is 309 g/mol. The van der Waals surface area contributed by atoms with Crippen molar-refractivity contribution < 1.29 is 19.2 Å². The molecule has 1 aromatic carbocycles. The second-order valence-corrected chi connectivity index (χ2v) is 5.11. The molecule has 0 aliphatic carbocycles. The monoisotopic (exact) mass is 309 g/mol. The number of hydrogen-bond acceptors (Lipinski definition) is 5. The van der Waals surface area contributed by atoms with E-state index < -0.39 is 23.0 Å². The minimum Gasteiger partial charge on any atom is -0.467 e. The van der Waals surface area contributed by atoms with E-state index in [0.29, 0.717) is 12.1 Å². The summed E-state index contributed by atoms with van der Waals surface area (Å²) in [6, 6.07) is 4.05. The highest BCUT2D eigenvalue weighted by Crippen LogP contribution is 2.15. The number of benzene rings is 1. The highest BCUT2D eigenvalue weighted by atomic mass is 16.6. The highest BCUT2D eigenvalue weighted by Gasteiger charge is 2.22. The fourth-order valence-electron chi connectivity index (χ4n) is 1.82. The third-order valence-corrected chi connectivity index (χ3v) is 2.83. The number of non-ortho nitro benzene ring substituents is 1. The number of carbonyl (C=O) groups is 2. The van der Waals surface area contributed by atoms with E-state index in [9.17, 15) is 19.7 Å². The summed E-state index contributed by atoms with van der Waals surface area (Å²) in [6.07, 6.45) is 0.445. The zero-order chi connectivity index (χ0) is 16.7. The van der Waals surface area contributed by atoms with Crippen molar-refractivity contribution in [2.75, 3.05) is 12.4 Å². The van der Waals surface area contributed by atoms with Gasteiger partial charge in [0, 0.05) is 17.8 Å². The number of ether oxygens (including phenoxy) is 1. The molecule has 0 saturated carbocycles. The molecule has 120 valence electrons. The van der Waals surface area contributed by atoms with Crippen molar-refractivity contribution in [2.45, 2.75) is 26.3 Å². The Morgan fingerprint density at radius 2 is 1.86 bits per heavy atom. The zero-order valence-electron chi connectivity index (χ0n) is 12.7. The first-order chi connectivity index (χ1) is 10.3. The number of esters is 1. The Balaban J connectivity index is 2.66. The Morgan fingerprint density at radius 3 is 2.32 bits per heavy atom. The van der Waals surface area contributed by atoms with E-state index in [1.54, 1.807) is 0 Å². The fraction of sp³-hybridized carbons (Fsp3) is 0.429. The van der Waals surface area contributed by atoms with E-state index in [1.165, 1.54) is 31.4 Å². The molecular weight excluding hydrogens is 290 g/mol. The topological polar surface area (TPSA) is 111 Å². The Kier molecular flexibility index (Phi) is 6.30. The summed E-state index contributed by atoms with van der Waals surface area (Å²) in [6.45, 7) is 3.84. The molecule has 0 saturated heterocycles. The number of urea groups is 1. The molecule has 1 atom stereocenters. The third kappa shape index (κ3) is 5.39. The predicted molar refractivity (Wildman–Crippen MR) is 80.5 cm³/mol. The van der Waals surface area contributed by atoms with Gasteiger partial charge in [0.25, 0.3) is 5.69 Å². The Morgan fingerprint density at radius 1 is 1.27 bits per heavy atom. The SMILES string of the molecule is COC(=O)C(CC(C)C)NC(=O)Nc1ccc([N+](=O)[O-])cc1. The largest absolute Gasteiger partial charge is 0.467 e. The molecule has 0 spiro atoms. The van der Waals surface area contributed by atoms with Crippen molar-refractivity contribution >= 4 is 23.4 Å². The lowest BCUT2D eigenvalue weighted by molar-refractivity contribution is -0.384. The van der Waals surface area contributed by atoms with Crippen LogP contribution in [0.3, 0.4) is 0 Å². The van der Waals surface area contributed by atoms with Crippen LogP contribution in [0.2, 0.25) is 0 Å². The molecule has 2 amide bonds. The lowest BCUT2D eigenvalue weighted by atomic mass is 10.0. The van der Waals surface area contributed by atoms with Gasteiger partial charge in [-0.2, -0.15) is 0 Å². The minimum absolute atomic E-state index is 0.0711. The van der Waals surface area contributed by atoms with Crippen molar-refractivity contribution in [1.29, 1.82) is 0 Å². The number of nitrogens with zero attached hydrogens (tertiary/aromatic N) is 1. The number of hydrogen-bond donors (Lipinski definition) is 2. The first kappa shape index (κ1) is 17.4. The second-order valence-electron chi connectivity index (χ2n) is 5.11. The van der Waals surface area contributed by atoms with Gasteiger partial charge >= 0.3 is 12.0 Å². The zero-order valence-corrected chi connectivity index (χ0v) is 12.7. The first-order valence-electron chi connectivity index (χ1n) is 6.73. The van der Waals surface area contributed by atoms with Crippen LogP contribution < -0.4 is 10.6 Å². The Hall–Kier alpha value is -2.64. The number of amides is 2. The summed E-state index contributed by atoms with van der Waals surface area (Å²) < 4.78 is 4.65. The van der Waals surface area contributed by atoms with Gasteiger partial charge in [0.2, 0.25) is 0 Å². The molecule has 0 aliphatic heterocycles. The Bertz CT molecular complexity index is 542. The number of rotatable bonds is 6. The number of methoxy groups -OCH3 is 1. The molecule has 8 heteroatoms. The summed E-state index contributed by atoms with van der Waals surface area (Å²) in [4.78, 5) is 33.5. The van der Waals surface area contributed by atoms with Crippen molar-refractivity contribution in [3.05, 3.63) is 34.4 Å². The van der Waals surface area contributed by atoms with Crippen LogP contribution in [-0.4, -0.2) is 30.1 Å². The molecule has 0 fully saturated rings. The summed E-state index contributed by atoms with van der Waals surface area (Å²) in [5.41, 5.74) is 0.314. The molecular formula is C14H19N3O5. The minimum atomic E-state index is -0.747. The maximum Gasteiger partial charge on any atom is 0.328 e. The van der Waals surface area contributed by atoms with E-state index in [4.69, 9.17) is 0 Å². The third-order valence-electron chi connectivity index (χ3n) is 2.83. The molecule has 0 bridgehead atoms. The number of nitrogens with one attached hydrogen (secondary N) is 2. The molecule has 0 radical (unpaired) electrons. The van der Waals surface area contributed by atoms with Crippen LogP contribution in [-0.2, 0) is 9.53 Å². The second kappa shape index (κ2) is 7.96. The first-order valence-corrected chi connectivity index (χ1v) is 6.73. The van der Waals surface area contributed by atoms with Gasteiger partial charge < -0.3 is 15.4 Å². The predicted octanol–water partition coefficient (Wildman–Crippen LogP) is 2.30. The lowest BCUT2D eigenvalue weighted by Gasteiger charge is -2.18. The quantitative estimate of drug-likeness (QED) is 0.476. The van der Waals surface area contributed by atoms with Crippen LogP contribution in [0.4, 0.5) is 16.2 Å². The normalized spacial score (nSPS) is 11.6. The Labute approximate surface area is 128 Å². The molecule has 1 aromatic rings. The van der Waals surface area contributed by atoms with Crippen LogP contribution in [0, 0.1) is 16.0 Å². The maximum atomic E-state index is 11.9. The molecule has 0 aliphatic rings. The molecule has 0 heterocycles. The number of nitro benzene ring substituents is 1. The molecule has 0 aromatic heterocycles. The standard InChI is InChI=1S/C14H19N3O5/c1-9(2)8-12(13(18)22-3)16-14(19)15-10-4-6-11(7-5-10)17(20)21/h4-7,9,12H,8H2,1-3H3,(H2,15,16,19). The van der Waals surface area contributed by atoms with Gasteiger partial charge in [-0.15, -0.1) is 0 Å². The number of anilines is 1. The van der Waals surface area contributed by atoms with Crippen molar-refractivity contribution in [1.82, 2.24) is 5.32 Å². The van der Waals surface area contributed by atoms with Crippen LogP contribution in [0.15, 0.2) is 24.3 Å². The summed E-state index contributed by atoms with van der Waals surface area (Å²) in [5.74, 6) is -0.323. The van der Waals surface area contributed by atoms with Crippen molar-refractivity contribution in [3.63, 3.8) is 0 Å². The van der Waals surface area contributed by atoms with Gasteiger partial charge in [0.15, 0.2) is 0 Å². The van der Waals surface area contributed by atoms with Gasteiger partial charge in [-0.25, -0.2) is 9.59 Å². The molecule has 8 nitrogen and oxygen atoms in total. The van der Waals surface area contributed by atoms with Gasteiger partial charge in [0.05, 0.1) is 12.0 Å². The van der Waals surface area contributed by atoms with Crippen LogP contribution in [0.25, 0.3) is 0 Å². The van der Waals surface area contributed by atoms with Crippen LogP contribution in [0.1, 0.15) is 20.3 Å². The van der Waals surface area contributed by atoms with Crippen LogP contribution in [0.5, 0.6) is 0 Å². The smallest absolute Gasteiger partial charge is 0.328 e. The fourth-order valence-corrected chi connectivity index (χ4v) is 1.82. The summed E-state index contributed by atoms with van der Waals surface area (Å²) in [5, 5.41) is 15.6. The molecule has 1 rings (SSSR count). The number of nitro groups is 1. The van der Waals surface area contributed by atoms with E-state index >= 15 is 0 Å². The van der Waals surface area contributed by atoms with Crippen LogP contribution >= 0.6 is 0 Å². The molecule has 1 unspecified atom stereocenters. The molecule has 22 heavy (non-hydrogen) atoms. The van der Waals surface area contributed by atoms with E-state index in [0.717, 1.165) is 0 Å². The average Bonchev–Trinajstić information content (AvgIpc) is 2.45. The van der Waals surface area contributed by atoms with Gasteiger partial charge in [-0.3, -0.25) is 10.1 Å². The van der Waals surface area contributed by atoms with Gasteiger partial charge in [-0.05, 0) is 24.5 Å². The number of carbonyl (C=O) groups excluding carboxylic acids is 2. The van der Waals surface area contributed by atoms with Crippen molar-refractivity contribution in [2.24, 2.45) is 5.92 Å². The van der Waals surface area contributed by atoms with Gasteiger partial charge in [-0.1, -0.05) is 13.8 Å².